The van der Waals surface area contributed by atoms with Crippen LogP contribution in [-0.4, -0.2) is 18.2 Å². The normalized spacial score (nSPS) is 15.2. The van der Waals surface area contributed by atoms with Gasteiger partial charge < -0.3 is 4.74 Å². The average molecular weight is 332 g/mol. The molecule has 0 saturated heterocycles. The maximum atomic E-state index is 12.8. The number of ether oxygens (including phenoxy) is 1. The molecule has 3 rings (SSSR count). The van der Waals surface area contributed by atoms with Crippen LogP contribution in [0.3, 0.4) is 0 Å². The minimum Gasteiger partial charge on any atom is -0.490 e. The Balaban J connectivity index is 1.53. The molecular weight excluding hydrogens is 315 g/mol. The number of carbonyl (C=O) groups excluding carboxylic acids is 1. The van der Waals surface area contributed by atoms with Gasteiger partial charge in [-0.3, -0.25) is 4.79 Å². The number of carbonyl (C=O) groups is 1. The quantitative estimate of drug-likeness (QED) is 0.665. The van der Waals surface area contributed by atoms with Crippen LogP contribution < -0.4 is 10.2 Å². The van der Waals surface area contributed by atoms with E-state index in [2.05, 4.69) is 10.5 Å². The molecule has 6 heteroatoms. The Labute approximate surface area is 138 Å². The molecule has 23 heavy (non-hydrogen) atoms. The zero-order valence-corrected chi connectivity index (χ0v) is 13.3. The van der Waals surface area contributed by atoms with Crippen molar-refractivity contribution in [2.75, 3.05) is 0 Å². The lowest BCUT2D eigenvalue weighted by atomic mass is 10.2. The number of halogens is 1. The molecule has 1 aliphatic rings. The summed E-state index contributed by atoms with van der Waals surface area (Å²) in [6.45, 7) is 0. The Kier molecular flexibility index (Phi) is 5.02. The second kappa shape index (κ2) is 7.37. The summed E-state index contributed by atoms with van der Waals surface area (Å²) < 4.78 is 18.7. The Morgan fingerprint density at radius 2 is 1.96 bits per heavy atom. The van der Waals surface area contributed by atoms with Crippen LogP contribution in [0.5, 0.6) is 5.75 Å². The minimum absolute atomic E-state index is 0.282. The molecule has 1 amide bonds. The molecular formula is C17H17FN2O2S. The maximum absolute atomic E-state index is 12.8. The third-order valence-corrected chi connectivity index (χ3v) is 4.48. The van der Waals surface area contributed by atoms with E-state index in [4.69, 9.17) is 4.74 Å². The third-order valence-electron chi connectivity index (χ3n) is 3.67. The van der Waals surface area contributed by atoms with Crippen LogP contribution in [0.25, 0.3) is 0 Å². The molecule has 1 saturated carbocycles. The molecule has 0 spiro atoms. The predicted octanol–water partition coefficient (Wildman–Crippen LogP) is 3.97. The van der Waals surface area contributed by atoms with Crippen molar-refractivity contribution in [3.8, 4) is 5.75 Å². The van der Waals surface area contributed by atoms with Crippen molar-refractivity contribution in [2.45, 2.75) is 31.8 Å². The molecule has 0 unspecified atom stereocenters. The summed E-state index contributed by atoms with van der Waals surface area (Å²) in [4.78, 5) is 12.6. The van der Waals surface area contributed by atoms with E-state index in [1.165, 1.54) is 25.1 Å². The summed E-state index contributed by atoms with van der Waals surface area (Å²) in [5, 5.41) is 3.54. The van der Waals surface area contributed by atoms with E-state index in [1.807, 2.05) is 0 Å². The van der Waals surface area contributed by atoms with Gasteiger partial charge in [-0.2, -0.15) is 9.49 Å². The van der Waals surface area contributed by atoms with Gasteiger partial charge in [0, 0.05) is 5.56 Å². The van der Waals surface area contributed by atoms with Gasteiger partial charge in [0.2, 0.25) is 0 Å². The Morgan fingerprint density at radius 1 is 1.22 bits per heavy atom. The van der Waals surface area contributed by atoms with Crippen molar-refractivity contribution >= 4 is 23.5 Å². The van der Waals surface area contributed by atoms with E-state index in [0.29, 0.717) is 16.5 Å². The first-order valence-corrected chi connectivity index (χ1v) is 8.38. The van der Waals surface area contributed by atoms with Gasteiger partial charge in [-0.05, 0) is 62.1 Å². The number of rotatable bonds is 5. The van der Waals surface area contributed by atoms with E-state index < -0.39 is 0 Å². The standard InChI is InChI=1S/C17H17FN2O2S/c18-16-10-9-15(23-16)11-19-20-17(21)12-5-7-14(8-6-12)22-13-3-1-2-4-13/h5-11,13H,1-4H2,(H,20,21)/b19-11+. The number of hydrogen-bond donors (Lipinski definition) is 1. The van der Waals surface area contributed by atoms with Crippen molar-refractivity contribution in [2.24, 2.45) is 5.10 Å². The summed E-state index contributed by atoms with van der Waals surface area (Å²) in [6, 6.07) is 9.97. The van der Waals surface area contributed by atoms with Crippen molar-refractivity contribution in [1.82, 2.24) is 5.43 Å². The van der Waals surface area contributed by atoms with Gasteiger partial charge in [-0.25, -0.2) is 5.43 Å². The van der Waals surface area contributed by atoms with E-state index in [9.17, 15) is 9.18 Å². The topological polar surface area (TPSA) is 50.7 Å². The van der Waals surface area contributed by atoms with Gasteiger partial charge in [0.15, 0.2) is 5.13 Å². The largest absolute Gasteiger partial charge is 0.490 e. The van der Waals surface area contributed by atoms with Gasteiger partial charge in [-0.1, -0.05) is 0 Å². The van der Waals surface area contributed by atoms with Crippen LogP contribution in [-0.2, 0) is 0 Å². The molecule has 0 bridgehead atoms. The fourth-order valence-corrected chi connectivity index (χ4v) is 3.10. The Morgan fingerprint density at radius 3 is 2.61 bits per heavy atom. The number of benzene rings is 1. The summed E-state index contributed by atoms with van der Waals surface area (Å²) in [5.41, 5.74) is 2.92. The van der Waals surface area contributed by atoms with Crippen LogP contribution in [0.4, 0.5) is 4.39 Å². The molecule has 1 aromatic carbocycles. The number of hydrogen-bond acceptors (Lipinski definition) is 4. The van der Waals surface area contributed by atoms with E-state index in [1.54, 1.807) is 30.3 Å². The highest BCUT2D eigenvalue weighted by Gasteiger charge is 2.16. The highest BCUT2D eigenvalue weighted by Crippen LogP contribution is 2.24. The lowest BCUT2D eigenvalue weighted by Gasteiger charge is -2.12. The van der Waals surface area contributed by atoms with Gasteiger partial charge in [0.1, 0.15) is 5.75 Å². The third kappa shape index (κ3) is 4.39. The summed E-state index contributed by atoms with van der Waals surface area (Å²) >= 11 is 0.968. The molecule has 1 N–H and O–H groups in total. The van der Waals surface area contributed by atoms with Crippen molar-refractivity contribution < 1.29 is 13.9 Å². The number of hydrazone groups is 1. The minimum atomic E-state index is -0.314. The second-order valence-electron chi connectivity index (χ2n) is 5.39. The fraction of sp³-hybridized carbons (Fsp3) is 0.294. The average Bonchev–Trinajstić information content (AvgIpc) is 3.20. The van der Waals surface area contributed by atoms with E-state index >= 15 is 0 Å². The van der Waals surface area contributed by atoms with Crippen LogP contribution in [0.2, 0.25) is 0 Å². The van der Waals surface area contributed by atoms with Crippen molar-refractivity contribution in [3.05, 3.63) is 52.0 Å². The number of nitrogens with one attached hydrogen (secondary N) is 1. The van der Waals surface area contributed by atoms with Crippen molar-refractivity contribution in [3.63, 3.8) is 0 Å². The maximum Gasteiger partial charge on any atom is 0.271 e. The Bertz CT molecular complexity index is 691. The molecule has 2 aromatic rings. The van der Waals surface area contributed by atoms with Gasteiger partial charge in [-0.15, -0.1) is 11.3 Å². The summed E-state index contributed by atoms with van der Waals surface area (Å²) in [7, 11) is 0. The van der Waals surface area contributed by atoms with E-state index in [-0.39, 0.29) is 11.0 Å². The molecule has 4 nitrogen and oxygen atoms in total. The summed E-state index contributed by atoms with van der Waals surface area (Å²) in [5.74, 6) is 0.469. The number of amides is 1. The Hall–Kier alpha value is -2.21. The first kappa shape index (κ1) is 15.7. The molecule has 0 atom stereocenters. The number of nitrogens with zero attached hydrogens (tertiary/aromatic N) is 1. The van der Waals surface area contributed by atoms with E-state index in [0.717, 1.165) is 29.9 Å². The van der Waals surface area contributed by atoms with Crippen molar-refractivity contribution in [1.29, 1.82) is 0 Å². The zero-order valence-electron chi connectivity index (χ0n) is 12.5. The SMILES string of the molecule is O=C(N/N=C/c1ccc(F)s1)c1ccc(OC2CCCC2)cc1. The highest BCUT2D eigenvalue weighted by molar-refractivity contribution is 7.12. The summed E-state index contributed by atoms with van der Waals surface area (Å²) in [6.07, 6.45) is 6.35. The number of thiophene rings is 1. The molecule has 1 heterocycles. The van der Waals surface area contributed by atoms with Crippen LogP contribution in [0.15, 0.2) is 41.5 Å². The van der Waals surface area contributed by atoms with Crippen LogP contribution in [0, 0.1) is 5.13 Å². The monoisotopic (exact) mass is 332 g/mol. The van der Waals surface area contributed by atoms with Crippen LogP contribution in [0.1, 0.15) is 40.9 Å². The predicted molar refractivity (Wildman–Crippen MR) is 88.7 cm³/mol. The molecule has 1 aromatic heterocycles. The van der Waals surface area contributed by atoms with Gasteiger partial charge in [0.05, 0.1) is 17.2 Å². The zero-order chi connectivity index (χ0) is 16.1. The first-order valence-electron chi connectivity index (χ1n) is 7.56. The lowest BCUT2D eigenvalue weighted by molar-refractivity contribution is 0.0955. The molecule has 0 radical (unpaired) electrons. The molecule has 1 fully saturated rings. The molecule has 1 aliphatic carbocycles. The fourth-order valence-electron chi connectivity index (χ4n) is 2.50. The lowest BCUT2D eigenvalue weighted by Crippen LogP contribution is -2.17. The second-order valence-corrected chi connectivity index (χ2v) is 6.46. The first-order chi connectivity index (χ1) is 11.2. The molecule has 120 valence electrons. The van der Waals surface area contributed by atoms with Gasteiger partial charge in [0.25, 0.3) is 5.91 Å². The van der Waals surface area contributed by atoms with Gasteiger partial charge >= 0.3 is 0 Å². The highest BCUT2D eigenvalue weighted by atomic mass is 32.1. The smallest absolute Gasteiger partial charge is 0.271 e. The van der Waals surface area contributed by atoms with Crippen LogP contribution >= 0.6 is 11.3 Å². The molecule has 0 aliphatic heterocycles.